The first-order valence-electron chi connectivity index (χ1n) is 8.68. The molecule has 3 atom stereocenters. The molecule has 3 N–H and O–H groups in total. The molecular weight excluding hydrogens is 361 g/mol. The second-order valence-electron chi connectivity index (χ2n) is 6.44. The molecule has 0 bridgehead atoms. The Hall–Kier alpha value is -2.00. The van der Waals surface area contributed by atoms with Gasteiger partial charge in [-0.15, -0.1) is 0 Å². The number of ether oxygens (including phenoxy) is 1. The van der Waals surface area contributed by atoms with Crippen molar-refractivity contribution in [3.63, 3.8) is 0 Å². The molecule has 2 aromatic rings. The molecule has 0 saturated heterocycles. The minimum absolute atomic E-state index is 0.0398. The van der Waals surface area contributed by atoms with Gasteiger partial charge in [-0.05, 0) is 25.0 Å². The number of nitrogens with one attached hydrogen (secondary N) is 1. The van der Waals surface area contributed by atoms with Gasteiger partial charge in [0.25, 0.3) is 0 Å². The number of aromatic nitrogens is 1. The first-order valence-corrected chi connectivity index (χ1v) is 8.68. The molecule has 0 saturated carbocycles. The zero-order chi connectivity index (χ0) is 19.4. The highest BCUT2D eigenvalue weighted by molar-refractivity contribution is 5.32. The van der Waals surface area contributed by atoms with Crippen molar-refractivity contribution >= 4 is 0 Å². The number of pyridine rings is 1. The zero-order valence-electron chi connectivity index (χ0n) is 14.5. The highest BCUT2D eigenvalue weighted by Crippen LogP contribution is 2.45. The molecule has 0 amide bonds. The van der Waals surface area contributed by atoms with E-state index in [1.54, 1.807) is 6.07 Å². The quantitative estimate of drug-likeness (QED) is 0.642. The summed E-state index contributed by atoms with van der Waals surface area (Å²) in [5.74, 6) is -1.48. The van der Waals surface area contributed by atoms with Crippen molar-refractivity contribution in [2.75, 3.05) is 13.2 Å². The van der Waals surface area contributed by atoms with Crippen molar-refractivity contribution in [1.82, 2.24) is 10.3 Å². The maximum Gasteiger partial charge on any atom is 0.176 e. The fourth-order valence-corrected chi connectivity index (χ4v) is 3.31. The van der Waals surface area contributed by atoms with E-state index in [4.69, 9.17) is 9.84 Å². The van der Waals surface area contributed by atoms with E-state index >= 15 is 4.39 Å². The molecule has 0 spiro atoms. The van der Waals surface area contributed by atoms with Gasteiger partial charge >= 0.3 is 0 Å². The predicted octanol–water partition coefficient (Wildman–Crippen LogP) is 2.48. The average Bonchev–Trinajstić information content (AvgIpc) is 2.67. The molecule has 146 valence electrons. The average molecular weight is 382 g/mol. The molecule has 1 aliphatic rings. The van der Waals surface area contributed by atoms with Gasteiger partial charge in [0.05, 0.1) is 18.9 Å². The van der Waals surface area contributed by atoms with Gasteiger partial charge in [-0.3, -0.25) is 10.3 Å². The lowest BCUT2D eigenvalue weighted by atomic mass is 9.80. The van der Waals surface area contributed by atoms with Crippen LogP contribution in [0.5, 0.6) is 0 Å². The molecule has 1 unspecified atom stereocenters. The number of aliphatic hydroxyl groups is 2. The Balaban J connectivity index is 1.77. The lowest BCUT2D eigenvalue weighted by molar-refractivity contribution is -0.0710. The van der Waals surface area contributed by atoms with E-state index in [2.05, 4.69) is 10.3 Å². The van der Waals surface area contributed by atoms with Crippen molar-refractivity contribution in [3.05, 3.63) is 65.0 Å². The molecule has 1 aromatic heterocycles. The van der Waals surface area contributed by atoms with Crippen LogP contribution in [0.4, 0.5) is 13.2 Å². The second-order valence-corrected chi connectivity index (χ2v) is 6.44. The Bertz CT molecular complexity index is 793. The van der Waals surface area contributed by atoms with Crippen LogP contribution in [0.2, 0.25) is 0 Å². The summed E-state index contributed by atoms with van der Waals surface area (Å²) < 4.78 is 48.0. The summed E-state index contributed by atoms with van der Waals surface area (Å²) >= 11 is 0. The van der Waals surface area contributed by atoms with Crippen molar-refractivity contribution in [3.8, 4) is 0 Å². The molecule has 0 radical (unpaired) electrons. The molecule has 1 aliphatic carbocycles. The standard InChI is InChI=1S/C19H21F3N2O3/c20-13-4-3-12(15(21)10-13)11-24-18(26)19(22)6-5-16(27-9-8-25)17-14(19)2-1-7-23-17/h1-4,7,10,16,18,24-26H,5-6,8-9,11H2/t16-,18?,19-/m0/s1. The molecular formula is C19H21F3N2O3. The van der Waals surface area contributed by atoms with Crippen LogP contribution < -0.4 is 5.32 Å². The minimum atomic E-state index is -2.14. The number of alkyl halides is 1. The SMILES string of the molecule is OCCO[C@H]1CC[C@@](F)(C(O)NCc2ccc(F)cc2F)c2cccnc21. The van der Waals surface area contributed by atoms with Crippen LogP contribution in [0, 0.1) is 11.6 Å². The molecule has 0 aliphatic heterocycles. The van der Waals surface area contributed by atoms with Crippen LogP contribution in [0.15, 0.2) is 36.5 Å². The summed E-state index contributed by atoms with van der Waals surface area (Å²) in [5, 5.41) is 22.0. The van der Waals surface area contributed by atoms with Crippen molar-refractivity contribution in [1.29, 1.82) is 0 Å². The molecule has 3 rings (SSSR count). The number of halogens is 3. The van der Waals surface area contributed by atoms with Gasteiger partial charge in [0.15, 0.2) is 5.67 Å². The van der Waals surface area contributed by atoms with Crippen LogP contribution in [0.1, 0.15) is 35.8 Å². The lowest BCUT2D eigenvalue weighted by Gasteiger charge is -2.38. The molecule has 1 heterocycles. The third-order valence-electron chi connectivity index (χ3n) is 4.71. The third kappa shape index (κ3) is 4.14. The summed E-state index contributed by atoms with van der Waals surface area (Å²) in [4.78, 5) is 4.19. The van der Waals surface area contributed by atoms with Gasteiger partial charge < -0.3 is 14.9 Å². The number of hydrogen-bond acceptors (Lipinski definition) is 5. The number of aliphatic hydroxyl groups excluding tert-OH is 2. The number of fused-ring (bicyclic) bond motifs is 1. The molecule has 8 heteroatoms. The highest BCUT2D eigenvalue weighted by atomic mass is 19.1. The first-order chi connectivity index (χ1) is 13.0. The molecule has 5 nitrogen and oxygen atoms in total. The number of nitrogens with zero attached hydrogens (tertiary/aromatic N) is 1. The zero-order valence-corrected chi connectivity index (χ0v) is 14.5. The normalized spacial score (nSPS) is 23.1. The Morgan fingerprint density at radius 3 is 2.89 bits per heavy atom. The molecule has 0 fully saturated rings. The second kappa shape index (κ2) is 8.35. The van der Waals surface area contributed by atoms with E-state index in [0.717, 1.165) is 12.1 Å². The Kier molecular flexibility index (Phi) is 6.11. The van der Waals surface area contributed by atoms with Crippen molar-refractivity contribution < 1.29 is 28.1 Å². The van der Waals surface area contributed by atoms with Crippen LogP contribution in [-0.2, 0) is 17.0 Å². The maximum atomic E-state index is 15.7. The summed E-state index contributed by atoms with van der Waals surface area (Å²) in [6.45, 7) is -0.226. The van der Waals surface area contributed by atoms with E-state index in [9.17, 15) is 13.9 Å². The Labute approximate surface area is 154 Å². The van der Waals surface area contributed by atoms with E-state index in [0.29, 0.717) is 5.69 Å². The van der Waals surface area contributed by atoms with E-state index in [-0.39, 0.29) is 43.7 Å². The third-order valence-corrected chi connectivity index (χ3v) is 4.71. The van der Waals surface area contributed by atoms with Crippen LogP contribution in [-0.4, -0.2) is 34.6 Å². The smallest absolute Gasteiger partial charge is 0.176 e. The van der Waals surface area contributed by atoms with Crippen LogP contribution in [0.3, 0.4) is 0 Å². The number of rotatable bonds is 7. The molecule has 27 heavy (non-hydrogen) atoms. The van der Waals surface area contributed by atoms with Gasteiger partial charge in [0, 0.05) is 29.9 Å². The maximum absolute atomic E-state index is 15.7. The predicted molar refractivity (Wildman–Crippen MR) is 91.2 cm³/mol. The van der Waals surface area contributed by atoms with Crippen LogP contribution >= 0.6 is 0 Å². The van der Waals surface area contributed by atoms with E-state index in [1.807, 2.05) is 0 Å². The van der Waals surface area contributed by atoms with Gasteiger partial charge in [0.1, 0.15) is 24.0 Å². The van der Waals surface area contributed by atoms with E-state index < -0.39 is 29.6 Å². The van der Waals surface area contributed by atoms with Gasteiger partial charge in [-0.2, -0.15) is 0 Å². The summed E-state index contributed by atoms with van der Waals surface area (Å²) in [6.07, 6.45) is -0.359. The monoisotopic (exact) mass is 382 g/mol. The van der Waals surface area contributed by atoms with Gasteiger partial charge in [0.2, 0.25) is 0 Å². The largest absolute Gasteiger partial charge is 0.394 e. The minimum Gasteiger partial charge on any atom is -0.394 e. The van der Waals surface area contributed by atoms with Gasteiger partial charge in [-0.1, -0.05) is 12.1 Å². The topological polar surface area (TPSA) is 74.6 Å². The Morgan fingerprint density at radius 1 is 1.33 bits per heavy atom. The summed E-state index contributed by atoms with van der Waals surface area (Å²) in [7, 11) is 0. The molecule has 1 aromatic carbocycles. The fourth-order valence-electron chi connectivity index (χ4n) is 3.31. The summed E-state index contributed by atoms with van der Waals surface area (Å²) in [6, 6.07) is 6.16. The highest BCUT2D eigenvalue weighted by Gasteiger charge is 2.46. The summed E-state index contributed by atoms with van der Waals surface area (Å²) in [5.41, 5.74) is -1.46. The van der Waals surface area contributed by atoms with Gasteiger partial charge in [-0.25, -0.2) is 13.2 Å². The van der Waals surface area contributed by atoms with Crippen molar-refractivity contribution in [2.24, 2.45) is 0 Å². The number of benzene rings is 1. The van der Waals surface area contributed by atoms with Crippen LogP contribution in [0.25, 0.3) is 0 Å². The fraction of sp³-hybridized carbons (Fsp3) is 0.421. The first kappa shape index (κ1) is 19.8. The van der Waals surface area contributed by atoms with E-state index in [1.165, 1.54) is 18.3 Å². The lowest BCUT2D eigenvalue weighted by Crippen LogP contribution is -2.48. The Morgan fingerprint density at radius 2 is 2.15 bits per heavy atom. The number of hydrogen-bond donors (Lipinski definition) is 3. The van der Waals surface area contributed by atoms with Crippen molar-refractivity contribution in [2.45, 2.75) is 37.4 Å².